The molecule has 0 saturated carbocycles. The Bertz CT molecular complexity index is 1200. The third-order valence-electron chi connectivity index (χ3n) is 6.57. The predicted octanol–water partition coefficient (Wildman–Crippen LogP) is 4.85. The minimum absolute atomic E-state index is 0.113. The van der Waals surface area contributed by atoms with Crippen LogP contribution >= 0.6 is 0 Å². The fraction of sp³-hybridized carbons (Fsp3) is 0.385. The Hall–Kier alpha value is -3.63. The number of likely N-dealkylation sites (tertiary alicyclic amines) is 1. The first-order valence-corrected chi connectivity index (χ1v) is 12.0. The number of piperazine rings is 1. The summed E-state index contributed by atoms with van der Waals surface area (Å²) >= 11 is 0. The van der Waals surface area contributed by atoms with Crippen LogP contribution in [0, 0.1) is 11.6 Å². The average molecular weight is 521 g/mol. The Morgan fingerprint density at radius 3 is 2.49 bits per heavy atom. The van der Waals surface area contributed by atoms with Crippen LogP contribution in [-0.4, -0.2) is 59.4 Å². The van der Waals surface area contributed by atoms with Gasteiger partial charge < -0.3 is 20.4 Å². The summed E-state index contributed by atoms with van der Waals surface area (Å²) in [4.78, 5) is 14.3. The van der Waals surface area contributed by atoms with Crippen molar-refractivity contribution in [3.63, 3.8) is 0 Å². The van der Waals surface area contributed by atoms with E-state index in [0.29, 0.717) is 18.2 Å². The lowest BCUT2D eigenvalue weighted by molar-refractivity contribution is -0.137. The van der Waals surface area contributed by atoms with Gasteiger partial charge in [0.15, 0.2) is 11.6 Å². The minimum atomic E-state index is -4.52. The molecule has 0 aliphatic carbocycles. The van der Waals surface area contributed by atoms with E-state index in [1.54, 1.807) is 11.0 Å². The summed E-state index contributed by atoms with van der Waals surface area (Å²) < 4.78 is 68.0. The number of anilines is 1. The summed E-state index contributed by atoms with van der Waals surface area (Å²) in [5, 5.41) is 0. The summed E-state index contributed by atoms with van der Waals surface area (Å²) in [7, 11) is 0. The molecule has 2 aliphatic rings. The molecule has 6 nitrogen and oxygen atoms in total. The predicted molar refractivity (Wildman–Crippen MR) is 134 cm³/mol. The van der Waals surface area contributed by atoms with Crippen LogP contribution in [0.2, 0.25) is 0 Å². The first kappa shape index (κ1) is 26.4. The fourth-order valence-corrected chi connectivity index (χ4v) is 4.62. The molecule has 11 heteroatoms. The van der Waals surface area contributed by atoms with Gasteiger partial charge in [-0.1, -0.05) is 6.58 Å². The highest BCUT2D eigenvalue weighted by molar-refractivity contribution is 5.99. The molecule has 0 amide bonds. The lowest BCUT2D eigenvalue weighted by Crippen LogP contribution is -2.54. The van der Waals surface area contributed by atoms with Crippen molar-refractivity contribution in [3.8, 4) is 0 Å². The van der Waals surface area contributed by atoms with E-state index in [9.17, 15) is 22.0 Å². The van der Waals surface area contributed by atoms with Gasteiger partial charge >= 0.3 is 6.18 Å². The van der Waals surface area contributed by atoms with Gasteiger partial charge in [0.1, 0.15) is 17.5 Å². The van der Waals surface area contributed by atoms with Crippen molar-refractivity contribution in [1.82, 2.24) is 14.8 Å². The van der Waals surface area contributed by atoms with Gasteiger partial charge in [0.2, 0.25) is 0 Å². The van der Waals surface area contributed by atoms with E-state index >= 15 is 0 Å². The number of hydrogen-bond donors (Lipinski definition) is 1. The van der Waals surface area contributed by atoms with Gasteiger partial charge in [0.05, 0.1) is 5.56 Å². The van der Waals surface area contributed by atoms with Crippen molar-refractivity contribution in [2.75, 3.05) is 37.6 Å². The molecule has 37 heavy (non-hydrogen) atoms. The number of aliphatic imine (C=N–C) groups is 1. The maximum atomic E-state index is 13.8. The van der Waals surface area contributed by atoms with Crippen LogP contribution in [0.25, 0.3) is 5.70 Å². The second-order valence-electron chi connectivity index (χ2n) is 9.17. The zero-order valence-electron chi connectivity index (χ0n) is 20.5. The van der Waals surface area contributed by atoms with E-state index in [-0.39, 0.29) is 36.2 Å². The number of amidine groups is 1. The molecular weight excluding hydrogens is 491 g/mol. The zero-order valence-corrected chi connectivity index (χ0v) is 20.5. The normalized spacial score (nSPS) is 19.5. The molecule has 1 aromatic carbocycles. The topological polar surface area (TPSA) is 61.0 Å². The number of nitrogens with two attached hydrogens (primary N) is 1. The summed E-state index contributed by atoms with van der Waals surface area (Å²) in [6.07, 6.45) is 0.447. The van der Waals surface area contributed by atoms with Crippen molar-refractivity contribution in [2.24, 2.45) is 10.7 Å². The molecule has 2 N–H and O–H groups in total. The van der Waals surface area contributed by atoms with Gasteiger partial charge in [-0.2, -0.15) is 13.2 Å². The number of pyridine rings is 1. The molecule has 3 heterocycles. The first-order chi connectivity index (χ1) is 17.5. The third kappa shape index (κ3) is 6.03. The maximum absolute atomic E-state index is 13.8. The molecule has 0 spiro atoms. The number of rotatable bonds is 5. The molecule has 0 bridgehead atoms. The van der Waals surface area contributed by atoms with Crippen LogP contribution < -0.4 is 10.6 Å². The molecule has 2 fully saturated rings. The highest BCUT2D eigenvalue weighted by Gasteiger charge is 2.37. The van der Waals surface area contributed by atoms with Gasteiger partial charge in [-0.3, -0.25) is 0 Å². The van der Waals surface area contributed by atoms with Gasteiger partial charge in [0.25, 0.3) is 0 Å². The second-order valence-corrected chi connectivity index (χ2v) is 9.17. The van der Waals surface area contributed by atoms with Crippen LogP contribution in [0.5, 0.6) is 0 Å². The molecule has 198 valence electrons. The van der Waals surface area contributed by atoms with Crippen LogP contribution in [0.3, 0.4) is 0 Å². The highest BCUT2D eigenvalue weighted by Crippen LogP contribution is 2.36. The SMILES string of the molecule is C=C(N=C(/C=C(\N)c1ccc(F)c(F)c1)N1CCN(c2ncccc2C(F)(F)F)C[C@H]1C)N1CCCC1. The van der Waals surface area contributed by atoms with E-state index in [2.05, 4.69) is 11.6 Å². The number of alkyl halides is 3. The van der Waals surface area contributed by atoms with E-state index < -0.39 is 23.4 Å². The lowest BCUT2D eigenvalue weighted by Gasteiger charge is -2.42. The quantitative estimate of drug-likeness (QED) is 0.347. The molecular formula is C26H29F5N6. The highest BCUT2D eigenvalue weighted by atomic mass is 19.4. The Balaban J connectivity index is 1.63. The zero-order chi connectivity index (χ0) is 26.7. The van der Waals surface area contributed by atoms with E-state index in [1.807, 2.05) is 16.7 Å². The van der Waals surface area contributed by atoms with Gasteiger partial charge in [0, 0.05) is 62.3 Å². The summed E-state index contributed by atoms with van der Waals surface area (Å²) in [5.74, 6) is -1.13. The van der Waals surface area contributed by atoms with Crippen LogP contribution in [-0.2, 0) is 6.18 Å². The monoisotopic (exact) mass is 520 g/mol. The lowest BCUT2D eigenvalue weighted by atomic mass is 10.1. The molecule has 1 aromatic heterocycles. The average Bonchev–Trinajstić information content (AvgIpc) is 3.40. The largest absolute Gasteiger partial charge is 0.419 e. The second kappa shape index (κ2) is 10.8. The number of benzene rings is 1. The third-order valence-corrected chi connectivity index (χ3v) is 6.57. The van der Waals surface area contributed by atoms with Crippen molar-refractivity contribution in [3.05, 3.63) is 77.8 Å². The van der Waals surface area contributed by atoms with E-state index in [4.69, 9.17) is 10.7 Å². The Labute approximate surface area is 212 Å². The Morgan fingerprint density at radius 2 is 1.84 bits per heavy atom. The first-order valence-electron chi connectivity index (χ1n) is 12.0. The number of nitrogens with zero attached hydrogens (tertiary/aromatic N) is 5. The van der Waals surface area contributed by atoms with Gasteiger partial charge in [-0.15, -0.1) is 0 Å². The smallest absolute Gasteiger partial charge is 0.398 e. The molecule has 4 rings (SSSR count). The molecule has 0 radical (unpaired) electrons. The molecule has 0 unspecified atom stereocenters. The fourth-order valence-electron chi connectivity index (χ4n) is 4.62. The number of halogens is 5. The van der Waals surface area contributed by atoms with Crippen LogP contribution in [0.15, 0.2) is 60.0 Å². The summed E-state index contributed by atoms with van der Waals surface area (Å²) in [5.41, 5.74) is 5.93. The van der Waals surface area contributed by atoms with E-state index in [0.717, 1.165) is 44.1 Å². The van der Waals surface area contributed by atoms with Gasteiger partial charge in [-0.25, -0.2) is 18.8 Å². The molecule has 2 aromatic rings. The Kier molecular flexibility index (Phi) is 7.70. The summed E-state index contributed by atoms with van der Waals surface area (Å²) in [6, 6.07) is 5.41. The standard InChI is InChI=1S/C26H29F5N6/c1-17-16-36(25-20(26(29,30)31)6-5-9-33-25)12-13-37(17)24(34-18(2)35-10-3-4-11-35)15-23(32)19-7-8-21(27)22(28)14-19/h5-9,14-15,17H,2-4,10-13,16,32H2,1H3/b23-15-,34-24?/t17-/m1/s1. The van der Waals surface area contributed by atoms with Gasteiger partial charge in [-0.05, 0) is 50.1 Å². The van der Waals surface area contributed by atoms with Crippen molar-refractivity contribution in [1.29, 1.82) is 0 Å². The maximum Gasteiger partial charge on any atom is 0.419 e. The van der Waals surface area contributed by atoms with E-state index in [1.165, 1.54) is 18.3 Å². The number of aromatic nitrogens is 1. The van der Waals surface area contributed by atoms with Crippen molar-refractivity contribution < 1.29 is 22.0 Å². The summed E-state index contributed by atoms with van der Waals surface area (Å²) in [6.45, 7) is 8.46. The minimum Gasteiger partial charge on any atom is -0.398 e. The number of hydrogen-bond acceptors (Lipinski definition) is 5. The van der Waals surface area contributed by atoms with Crippen LogP contribution in [0.1, 0.15) is 30.9 Å². The van der Waals surface area contributed by atoms with Crippen molar-refractivity contribution >= 4 is 17.4 Å². The van der Waals surface area contributed by atoms with Crippen molar-refractivity contribution in [2.45, 2.75) is 32.0 Å². The Morgan fingerprint density at radius 1 is 1.11 bits per heavy atom. The molecule has 2 aliphatic heterocycles. The molecule has 1 atom stereocenters. The molecule has 2 saturated heterocycles. The van der Waals surface area contributed by atoms with Crippen LogP contribution in [0.4, 0.5) is 27.8 Å².